The Bertz CT molecular complexity index is 64.7. The van der Waals surface area contributed by atoms with E-state index in [0.717, 1.165) is 0 Å². The highest BCUT2D eigenvalue weighted by atomic mass is 15.4. The molecule has 0 aromatic rings. The van der Waals surface area contributed by atoms with Crippen molar-refractivity contribution >= 4 is 0 Å². The van der Waals surface area contributed by atoms with Crippen LogP contribution in [0.4, 0.5) is 0 Å². The minimum Gasteiger partial charge on any atom is -0.323 e. The van der Waals surface area contributed by atoms with Gasteiger partial charge in [0.2, 0.25) is 0 Å². The molecule has 0 unspecified atom stereocenters. The van der Waals surface area contributed by atoms with Gasteiger partial charge in [0.05, 0.1) is 26.2 Å². The summed E-state index contributed by atoms with van der Waals surface area (Å²) in [5.74, 6) is 0. The van der Waals surface area contributed by atoms with Gasteiger partial charge in [0.15, 0.2) is 0 Å². The summed E-state index contributed by atoms with van der Waals surface area (Å²) in [6, 6.07) is 0. The summed E-state index contributed by atoms with van der Waals surface area (Å²) in [5.41, 5.74) is 0. The summed E-state index contributed by atoms with van der Waals surface area (Å²) in [7, 11) is 0. The second-order valence-corrected chi connectivity index (χ2v) is 2.94. The molecular weight excluding hydrogens is 86.1 g/mol. The average Bonchev–Trinajstić information content (AvgIpc) is 1.20. The largest absolute Gasteiger partial charge is 0.323 e. The summed E-state index contributed by atoms with van der Waals surface area (Å²) in [6.45, 7) is 6.00. The minimum absolute atomic E-state index is 1.50. The van der Waals surface area contributed by atoms with Crippen LogP contribution >= 0.6 is 0 Å². The first-order valence-corrected chi connectivity index (χ1v) is 3.26. The van der Waals surface area contributed by atoms with Crippen molar-refractivity contribution in [3.05, 3.63) is 0 Å². The van der Waals surface area contributed by atoms with Gasteiger partial charge in [-0.3, -0.25) is 0 Å². The first-order valence-electron chi connectivity index (χ1n) is 3.26. The van der Waals surface area contributed by atoms with E-state index >= 15 is 0 Å². The fraction of sp³-hybridized carbons (Fsp3) is 1.00. The van der Waals surface area contributed by atoms with Crippen molar-refractivity contribution in [1.82, 2.24) is 0 Å². The lowest BCUT2D eigenvalue weighted by Gasteiger charge is -2.52. The highest BCUT2D eigenvalue weighted by Crippen LogP contribution is 2.27. The summed E-state index contributed by atoms with van der Waals surface area (Å²) >= 11 is 0. The number of quaternary nitrogens is 1. The molecule has 0 aromatic heterocycles. The van der Waals surface area contributed by atoms with E-state index in [1.54, 1.807) is 0 Å². The van der Waals surface area contributed by atoms with E-state index in [9.17, 15) is 0 Å². The van der Waals surface area contributed by atoms with E-state index in [-0.39, 0.29) is 0 Å². The maximum Gasteiger partial charge on any atom is 0.0841 e. The molecule has 40 valence electrons. The molecule has 2 aliphatic heterocycles. The zero-order valence-electron chi connectivity index (χ0n) is 4.69. The Labute approximate surface area is 44.5 Å². The monoisotopic (exact) mass is 98.1 g/mol. The van der Waals surface area contributed by atoms with Crippen molar-refractivity contribution < 1.29 is 4.48 Å². The van der Waals surface area contributed by atoms with Gasteiger partial charge in [-0.15, -0.1) is 0 Å². The average molecular weight is 98.2 g/mol. The SMILES string of the molecule is C1C[N+]2(C1)CCC2. The van der Waals surface area contributed by atoms with Crippen LogP contribution < -0.4 is 0 Å². The van der Waals surface area contributed by atoms with Crippen molar-refractivity contribution in [2.75, 3.05) is 26.2 Å². The molecule has 0 radical (unpaired) electrons. The van der Waals surface area contributed by atoms with Gasteiger partial charge in [-0.2, -0.15) is 0 Å². The van der Waals surface area contributed by atoms with Crippen molar-refractivity contribution in [3.8, 4) is 0 Å². The maximum absolute atomic E-state index is 1.50. The van der Waals surface area contributed by atoms with Crippen LogP contribution in [-0.4, -0.2) is 30.7 Å². The molecule has 0 N–H and O–H groups in total. The summed E-state index contributed by atoms with van der Waals surface area (Å²) in [6.07, 6.45) is 3.00. The Morgan fingerprint density at radius 2 is 1.14 bits per heavy atom. The van der Waals surface area contributed by atoms with Gasteiger partial charge in [0.25, 0.3) is 0 Å². The zero-order valence-corrected chi connectivity index (χ0v) is 4.69. The molecule has 1 heteroatoms. The standard InChI is InChI=1S/C6H12N/c1-3-7(4-1)5-2-6-7/h1-6H2/q+1. The molecule has 1 spiro atoms. The van der Waals surface area contributed by atoms with Gasteiger partial charge in [0, 0.05) is 12.8 Å². The van der Waals surface area contributed by atoms with Crippen LogP contribution in [0.2, 0.25) is 0 Å². The lowest BCUT2D eigenvalue weighted by atomic mass is 10.0. The Kier molecular flexibility index (Phi) is 0.571. The van der Waals surface area contributed by atoms with Crippen molar-refractivity contribution in [2.24, 2.45) is 0 Å². The lowest BCUT2D eigenvalue weighted by Crippen LogP contribution is -2.65. The quantitative estimate of drug-likeness (QED) is 0.389. The molecule has 0 atom stereocenters. The second kappa shape index (κ2) is 1.03. The normalized spacial score (nSPS) is 34.3. The number of hydrogen-bond acceptors (Lipinski definition) is 0. The van der Waals surface area contributed by atoms with Gasteiger partial charge in [0.1, 0.15) is 0 Å². The third kappa shape index (κ3) is 0.367. The molecule has 0 bridgehead atoms. The van der Waals surface area contributed by atoms with Crippen molar-refractivity contribution in [3.63, 3.8) is 0 Å². The Morgan fingerprint density at radius 1 is 0.714 bits per heavy atom. The van der Waals surface area contributed by atoms with Gasteiger partial charge >= 0.3 is 0 Å². The molecule has 2 rings (SSSR count). The van der Waals surface area contributed by atoms with E-state index < -0.39 is 0 Å². The lowest BCUT2D eigenvalue weighted by molar-refractivity contribution is -0.997. The first kappa shape index (κ1) is 3.90. The van der Waals surface area contributed by atoms with Gasteiger partial charge in [-0.1, -0.05) is 0 Å². The van der Waals surface area contributed by atoms with Gasteiger partial charge in [-0.25, -0.2) is 0 Å². The van der Waals surface area contributed by atoms with Crippen molar-refractivity contribution in [2.45, 2.75) is 12.8 Å². The predicted octanol–water partition coefficient (Wildman–Crippen LogP) is 0.611. The van der Waals surface area contributed by atoms with Gasteiger partial charge < -0.3 is 4.48 Å². The summed E-state index contributed by atoms with van der Waals surface area (Å²) in [4.78, 5) is 0. The Morgan fingerprint density at radius 3 is 1.14 bits per heavy atom. The van der Waals surface area contributed by atoms with Crippen LogP contribution in [0, 0.1) is 0 Å². The first-order chi connectivity index (χ1) is 3.41. The molecule has 2 saturated heterocycles. The number of rotatable bonds is 0. The molecule has 2 heterocycles. The minimum atomic E-state index is 1.50. The Hall–Kier alpha value is -0.0400. The molecule has 2 fully saturated rings. The molecule has 2 aliphatic rings. The number of hydrogen-bond donors (Lipinski definition) is 0. The topological polar surface area (TPSA) is 0 Å². The van der Waals surface area contributed by atoms with Crippen molar-refractivity contribution in [1.29, 1.82) is 0 Å². The van der Waals surface area contributed by atoms with Crippen LogP contribution in [0.5, 0.6) is 0 Å². The highest BCUT2D eigenvalue weighted by Gasteiger charge is 2.40. The summed E-state index contributed by atoms with van der Waals surface area (Å²) in [5, 5.41) is 0. The fourth-order valence-electron chi connectivity index (χ4n) is 1.66. The predicted molar refractivity (Wildman–Crippen MR) is 29.0 cm³/mol. The van der Waals surface area contributed by atoms with Crippen LogP contribution in [0.3, 0.4) is 0 Å². The molecule has 0 amide bonds. The molecule has 1 nitrogen and oxygen atoms in total. The molecule has 0 saturated carbocycles. The molecule has 0 aliphatic carbocycles. The summed E-state index contributed by atoms with van der Waals surface area (Å²) < 4.78 is 1.50. The Balaban J connectivity index is 2.00. The van der Waals surface area contributed by atoms with Crippen LogP contribution in [0.25, 0.3) is 0 Å². The second-order valence-electron chi connectivity index (χ2n) is 2.94. The van der Waals surface area contributed by atoms with Crippen LogP contribution in [-0.2, 0) is 0 Å². The third-order valence-electron chi connectivity index (χ3n) is 2.53. The third-order valence-corrected chi connectivity index (χ3v) is 2.53. The maximum atomic E-state index is 1.50. The van der Waals surface area contributed by atoms with E-state index in [1.165, 1.54) is 43.5 Å². The smallest absolute Gasteiger partial charge is 0.0841 e. The van der Waals surface area contributed by atoms with Crippen LogP contribution in [0.15, 0.2) is 0 Å². The van der Waals surface area contributed by atoms with Crippen LogP contribution in [0.1, 0.15) is 12.8 Å². The van der Waals surface area contributed by atoms with Gasteiger partial charge in [-0.05, 0) is 0 Å². The molecule has 0 aromatic carbocycles. The van der Waals surface area contributed by atoms with E-state index in [0.29, 0.717) is 0 Å². The highest BCUT2D eigenvalue weighted by molar-refractivity contribution is 4.62. The molecule has 7 heavy (non-hydrogen) atoms. The number of nitrogens with zero attached hydrogens (tertiary/aromatic N) is 1. The van der Waals surface area contributed by atoms with E-state index in [1.807, 2.05) is 0 Å². The zero-order chi connectivity index (χ0) is 4.74. The molecular formula is C6H12N+. The van der Waals surface area contributed by atoms with E-state index in [4.69, 9.17) is 0 Å². The fourth-order valence-corrected chi connectivity index (χ4v) is 1.66. The van der Waals surface area contributed by atoms with E-state index in [2.05, 4.69) is 0 Å².